The van der Waals surface area contributed by atoms with Gasteiger partial charge < -0.3 is 19.0 Å². The zero-order chi connectivity index (χ0) is 21.5. The maximum Gasteiger partial charge on any atom is 0.345 e. The summed E-state index contributed by atoms with van der Waals surface area (Å²) in [5.74, 6) is -0.298. The smallest absolute Gasteiger partial charge is 0.345 e. The van der Waals surface area contributed by atoms with Crippen molar-refractivity contribution >= 4 is 18.0 Å². The summed E-state index contributed by atoms with van der Waals surface area (Å²) in [5.41, 5.74) is 1.86. The van der Waals surface area contributed by atoms with Gasteiger partial charge in [-0.3, -0.25) is 0 Å². The minimum Gasteiger partial charge on any atom is -0.493 e. The zero-order valence-electron chi connectivity index (χ0n) is 16.6. The van der Waals surface area contributed by atoms with Crippen LogP contribution < -0.4 is 4.74 Å². The van der Waals surface area contributed by atoms with E-state index in [1.54, 1.807) is 24.3 Å². The Balaban J connectivity index is 1.60. The summed E-state index contributed by atoms with van der Waals surface area (Å²) in [6.07, 6.45) is 1.83. The van der Waals surface area contributed by atoms with Crippen LogP contribution in [0.15, 0.2) is 64.6 Å². The summed E-state index contributed by atoms with van der Waals surface area (Å²) in [6, 6.07) is 16.4. The van der Waals surface area contributed by atoms with Gasteiger partial charge in [0, 0.05) is 12.0 Å². The number of esters is 1. The number of aromatic nitrogens is 1. The van der Waals surface area contributed by atoms with Gasteiger partial charge in [-0.1, -0.05) is 30.3 Å². The topological polar surface area (TPSA) is 98.9 Å². The minimum atomic E-state index is -1.35. The van der Waals surface area contributed by atoms with E-state index in [-0.39, 0.29) is 0 Å². The lowest BCUT2D eigenvalue weighted by Crippen LogP contribution is -2.13. The van der Waals surface area contributed by atoms with E-state index in [2.05, 4.69) is 9.72 Å². The Morgan fingerprint density at radius 1 is 1.10 bits per heavy atom. The molecule has 0 radical (unpaired) electrons. The van der Waals surface area contributed by atoms with Crippen LogP contribution in [0.3, 0.4) is 0 Å². The first-order valence-electron chi connectivity index (χ1n) is 9.26. The molecule has 0 aliphatic heterocycles. The first-order chi connectivity index (χ1) is 14.5. The van der Waals surface area contributed by atoms with Crippen LogP contribution in [0.2, 0.25) is 0 Å². The molecule has 0 aliphatic rings. The number of hydrogen-bond acceptors (Lipinski definition) is 6. The highest BCUT2D eigenvalue weighted by molar-refractivity contribution is 6.16. The molecule has 0 unspecified atom stereocenters. The van der Waals surface area contributed by atoms with Gasteiger partial charge in [-0.05, 0) is 42.8 Å². The molecule has 1 aromatic heterocycles. The number of oxazole rings is 1. The summed E-state index contributed by atoms with van der Waals surface area (Å²) in [7, 11) is 1.13. The molecule has 0 atom stereocenters. The van der Waals surface area contributed by atoms with Crippen molar-refractivity contribution < 1.29 is 28.6 Å². The van der Waals surface area contributed by atoms with Gasteiger partial charge in [-0.25, -0.2) is 14.6 Å². The number of ether oxygens (including phenoxy) is 2. The Morgan fingerprint density at radius 2 is 1.80 bits per heavy atom. The zero-order valence-corrected chi connectivity index (χ0v) is 16.6. The first-order valence-corrected chi connectivity index (χ1v) is 9.26. The molecular formula is C23H21NO6. The number of carboxylic acids is 1. The normalized spacial score (nSPS) is 11.2. The number of nitrogens with zero attached hydrogens (tertiary/aromatic N) is 1. The van der Waals surface area contributed by atoms with Gasteiger partial charge in [0.25, 0.3) is 0 Å². The van der Waals surface area contributed by atoms with E-state index in [0.29, 0.717) is 30.2 Å². The van der Waals surface area contributed by atoms with E-state index >= 15 is 0 Å². The predicted octanol–water partition coefficient (Wildman–Crippen LogP) is 3.91. The number of carbonyl (C=O) groups is 2. The third-order valence-electron chi connectivity index (χ3n) is 4.35. The molecule has 0 saturated heterocycles. The summed E-state index contributed by atoms with van der Waals surface area (Å²) >= 11 is 0. The maximum atomic E-state index is 11.5. The summed E-state index contributed by atoms with van der Waals surface area (Å²) in [4.78, 5) is 27.2. The number of aryl methyl sites for hydroxylation is 1. The van der Waals surface area contributed by atoms with Gasteiger partial charge in [0.05, 0.1) is 19.4 Å². The highest BCUT2D eigenvalue weighted by atomic mass is 16.5. The molecule has 0 aliphatic carbocycles. The third kappa shape index (κ3) is 5.14. The highest BCUT2D eigenvalue weighted by Gasteiger charge is 2.17. The molecule has 3 aromatic rings. The average Bonchev–Trinajstić information content (AvgIpc) is 3.13. The van der Waals surface area contributed by atoms with E-state index in [1.807, 2.05) is 37.3 Å². The summed E-state index contributed by atoms with van der Waals surface area (Å²) in [5, 5.41) is 9.10. The van der Waals surface area contributed by atoms with Crippen LogP contribution in [0.1, 0.15) is 17.0 Å². The number of benzene rings is 2. The van der Waals surface area contributed by atoms with Crippen LogP contribution in [0.5, 0.6) is 5.75 Å². The van der Waals surface area contributed by atoms with Crippen molar-refractivity contribution in [2.24, 2.45) is 0 Å². The Kier molecular flexibility index (Phi) is 6.64. The molecule has 7 heteroatoms. The molecule has 1 heterocycles. The molecule has 7 nitrogen and oxygen atoms in total. The van der Waals surface area contributed by atoms with E-state index in [4.69, 9.17) is 14.3 Å². The van der Waals surface area contributed by atoms with Crippen LogP contribution in [0.25, 0.3) is 17.5 Å². The fourth-order valence-corrected chi connectivity index (χ4v) is 2.77. The van der Waals surface area contributed by atoms with E-state index in [1.165, 1.54) is 6.08 Å². The van der Waals surface area contributed by atoms with Crippen molar-refractivity contribution in [3.05, 3.63) is 77.2 Å². The maximum absolute atomic E-state index is 11.5. The number of carbonyl (C=O) groups excluding carboxylic acids is 1. The SMILES string of the molecule is COC(=O)C(=Cc1ccc(OCCc2nc(-c3ccccc3)oc2C)cc1)C(=O)O. The van der Waals surface area contributed by atoms with E-state index < -0.39 is 17.5 Å². The molecule has 0 amide bonds. The van der Waals surface area contributed by atoms with E-state index in [0.717, 1.165) is 24.1 Å². The first kappa shape index (κ1) is 20.9. The van der Waals surface area contributed by atoms with Gasteiger partial charge in [-0.15, -0.1) is 0 Å². The number of hydrogen-bond donors (Lipinski definition) is 1. The molecule has 30 heavy (non-hydrogen) atoms. The fourth-order valence-electron chi connectivity index (χ4n) is 2.77. The van der Waals surface area contributed by atoms with Crippen LogP contribution in [-0.2, 0) is 20.7 Å². The Bertz CT molecular complexity index is 1050. The van der Waals surface area contributed by atoms with Crippen LogP contribution in [-0.4, -0.2) is 35.7 Å². The largest absolute Gasteiger partial charge is 0.493 e. The molecule has 0 bridgehead atoms. The Morgan fingerprint density at radius 3 is 2.43 bits per heavy atom. The number of methoxy groups -OCH3 is 1. The lowest BCUT2D eigenvalue weighted by Gasteiger charge is -2.06. The summed E-state index contributed by atoms with van der Waals surface area (Å²) in [6.45, 7) is 2.27. The van der Waals surface area contributed by atoms with Crippen molar-refractivity contribution in [1.29, 1.82) is 0 Å². The fraction of sp³-hybridized carbons (Fsp3) is 0.174. The quantitative estimate of drug-likeness (QED) is 0.262. The predicted molar refractivity (Wildman–Crippen MR) is 110 cm³/mol. The van der Waals surface area contributed by atoms with Crippen LogP contribution in [0, 0.1) is 6.92 Å². The van der Waals surface area contributed by atoms with Crippen LogP contribution in [0.4, 0.5) is 0 Å². The van der Waals surface area contributed by atoms with Gasteiger partial charge in [0.1, 0.15) is 17.1 Å². The third-order valence-corrected chi connectivity index (χ3v) is 4.35. The lowest BCUT2D eigenvalue weighted by molar-refractivity contribution is -0.142. The van der Waals surface area contributed by atoms with Gasteiger partial charge in [0.2, 0.25) is 5.89 Å². The molecule has 154 valence electrons. The average molecular weight is 407 g/mol. The molecular weight excluding hydrogens is 386 g/mol. The standard InChI is InChI=1S/C23H21NO6/c1-15-20(24-21(30-15)17-6-4-3-5-7-17)12-13-29-18-10-8-16(9-11-18)14-19(22(25)26)23(27)28-2/h3-11,14H,12-13H2,1-2H3,(H,25,26). The number of aliphatic carboxylic acids is 1. The molecule has 3 rings (SSSR count). The number of carboxylic acid groups (broad SMARTS) is 1. The molecule has 0 spiro atoms. The summed E-state index contributed by atoms with van der Waals surface area (Å²) < 4.78 is 16.0. The van der Waals surface area contributed by atoms with Crippen LogP contribution >= 0.6 is 0 Å². The molecule has 0 saturated carbocycles. The number of rotatable bonds is 8. The van der Waals surface area contributed by atoms with Crippen molar-refractivity contribution in [2.45, 2.75) is 13.3 Å². The molecule has 2 aromatic carbocycles. The highest BCUT2D eigenvalue weighted by Crippen LogP contribution is 2.22. The van der Waals surface area contributed by atoms with Gasteiger partial charge in [0.15, 0.2) is 0 Å². The minimum absolute atomic E-state index is 0.402. The van der Waals surface area contributed by atoms with Crippen molar-refractivity contribution in [3.8, 4) is 17.2 Å². The monoisotopic (exact) mass is 407 g/mol. The second-order valence-electron chi connectivity index (χ2n) is 6.41. The van der Waals surface area contributed by atoms with E-state index in [9.17, 15) is 9.59 Å². The Hall–Kier alpha value is -3.87. The second-order valence-corrected chi connectivity index (χ2v) is 6.41. The lowest BCUT2D eigenvalue weighted by atomic mass is 10.1. The van der Waals surface area contributed by atoms with Crippen molar-refractivity contribution in [2.75, 3.05) is 13.7 Å². The van der Waals surface area contributed by atoms with Gasteiger partial charge in [-0.2, -0.15) is 0 Å². The van der Waals surface area contributed by atoms with Crippen molar-refractivity contribution in [1.82, 2.24) is 4.98 Å². The molecule has 0 fully saturated rings. The molecule has 1 N–H and O–H groups in total. The Labute approximate surface area is 173 Å². The van der Waals surface area contributed by atoms with Gasteiger partial charge >= 0.3 is 11.9 Å². The van der Waals surface area contributed by atoms with Crippen molar-refractivity contribution in [3.63, 3.8) is 0 Å². The second kappa shape index (κ2) is 9.56.